The molecule has 26 heavy (non-hydrogen) atoms. The van der Waals surface area contributed by atoms with E-state index in [1.807, 2.05) is 24.5 Å². The quantitative estimate of drug-likeness (QED) is 0.575. The summed E-state index contributed by atoms with van der Waals surface area (Å²) in [6.45, 7) is 6.18. The van der Waals surface area contributed by atoms with Crippen molar-refractivity contribution >= 4 is 17.3 Å². The highest BCUT2D eigenvalue weighted by Crippen LogP contribution is 2.22. The molecule has 2 aromatic rings. The molecule has 140 valence electrons. The Bertz CT molecular complexity index is 707. The van der Waals surface area contributed by atoms with E-state index in [9.17, 15) is 0 Å². The SMILES string of the molecule is CCNC(=NCc1ccc(OC2CCCC2)nc1)NCc1ncc(C)s1. The predicted octanol–water partition coefficient (Wildman–Crippen LogP) is 3.42. The predicted molar refractivity (Wildman–Crippen MR) is 106 cm³/mol. The zero-order valence-corrected chi connectivity index (χ0v) is 16.3. The Morgan fingerprint density at radius 3 is 2.73 bits per heavy atom. The summed E-state index contributed by atoms with van der Waals surface area (Å²) in [5.74, 6) is 1.50. The van der Waals surface area contributed by atoms with Crippen LogP contribution in [0, 0.1) is 6.92 Å². The number of aryl methyl sites for hydroxylation is 1. The fourth-order valence-electron chi connectivity index (χ4n) is 2.91. The number of pyridine rings is 1. The molecule has 0 radical (unpaired) electrons. The van der Waals surface area contributed by atoms with Crippen molar-refractivity contribution in [1.82, 2.24) is 20.6 Å². The lowest BCUT2D eigenvalue weighted by molar-refractivity contribution is 0.201. The summed E-state index contributed by atoms with van der Waals surface area (Å²) >= 11 is 1.70. The summed E-state index contributed by atoms with van der Waals surface area (Å²) in [7, 11) is 0. The Morgan fingerprint density at radius 1 is 1.23 bits per heavy atom. The van der Waals surface area contributed by atoms with Crippen LogP contribution in [0.2, 0.25) is 0 Å². The second-order valence-corrected chi connectivity index (χ2v) is 7.76. The van der Waals surface area contributed by atoms with E-state index in [0.29, 0.717) is 25.1 Å². The molecule has 1 aliphatic carbocycles. The van der Waals surface area contributed by atoms with Crippen LogP contribution in [0.3, 0.4) is 0 Å². The van der Waals surface area contributed by atoms with E-state index in [2.05, 4.69) is 39.4 Å². The van der Waals surface area contributed by atoms with Crippen molar-refractivity contribution in [3.8, 4) is 5.88 Å². The van der Waals surface area contributed by atoms with E-state index in [0.717, 1.165) is 35.9 Å². The first kappa shape index (κ1) is 18.6. The van der Waals surface area contributed by atoms with Crippen molar-refractivity contribution in [3.63, 3.8) is 0 Å². The van der Waals surface area contributed by atoms with E-state index in [1.165, 1.54) is 17.7 Å². The molecular weight excluding hydrogens is 346 g/mol. The minimum Gasteiger partial charge on any atom is -0.474 e. The van der Waals surface area contributed by atoms with Crippen LogP contribution in [0.4, 0.5) is 0 Å². The van der Waals surface area contributed by atoms with Crippen LogP contribution in [0.15, 0.2) is 29.5 Å². The third-order valence-electron chi connectivity index (χ3n) is 4.23. The maximum absolute atomic E-state index is 5.91. The maximum Gasteiger partial charge on any atom is 0.213 e. The van der Waals surface area contributed by atoms with Gasteiger partial charge in [-0.3, -0.25) is 0 Å². The van der Waals surface area contributed by atoms with Crippen molar-refractivity contribution in [2.75, 3.05) is 6.54 Å². The number of aromatic nitrogens is 2. The minimum atomic E-state index is 0.338. The molecule has 1 aliphatic rings. The van der Waals surface area contributed by atoms with E-state index < -0.39 is 0 Å². The van der Waals surface area contributed by atoms with Crippen LogP contribution in [0.5, 0.6) is 5.88 Å². The number of hydrogen-bond acceptors (Lipinski definition) is 5. The number of rotatable bonds is 7. The molecule has 7 heteroatoms. The van der Waals surface area contributed by atoms with Gasteiger partial charge < -0.3 is 15.4 Å². The first-order valence-corrected chi connectivity index (χ1v) is 10.1. The number of nitrogens with zero attached hydrogens (tertiary/aromatic N) is 3. The van der Waals surface area contributed by atoms with Gasteiger partial charge in [-0.25, -0.2) is 15.0 Å². The molecule has 1 saturated carbocycles. The van der Waals surface area contributed by atoms with Gasteiger partial charge in [-0.1, -0.05) is 6.07 Å². The maximum atomic E-state index is 5.91. The lowest BCUT2D eigenvalue weighted by atomic mass is 10.3. The Morgan fingerprint density at radius 2 is 2.08 bits per heavy atom. The van der Waals surface area contributed by atoms with Crippen LogP contribution in [0.25, 0.3) is 0 Å². The van der Waals surface area contributed by atoms with Gasteiger partial charge in [0.15, 0.2) is 5.96 Å². The van der Waals surface area contributed by atoms with Crippen molar-refractivity contribution in [3.05, 3.63) is 40.0 Å². The smallest absolute Gasteiger partial charge is 0.213 e. The van der Waals surface area contributed by atoms with Gasteiger partial charge in [0, 0.05) is 29.9 Å². The minimum absolute atomic E-state index is 0.338. The molecule has 0 spiro atoms. The van der Waals surface area contributed by atoms with Crippen LogP contribution < -0.4 is 15.4 Å². The van der Waals surface area contributed by atoms with Gasteiger partial charge in [0.25, 0.3) is 0 Å². The Balaban J connectivity index is 1.52. The molecule has 6 nitrogen and oxygen atoms in total. The molecule has 0 aliphatic heterocycles. The van der Waals surface area contributed by atoms with Crippen molar-refractivity contribution in [2.24, 2.45) is 4.99 Å². The molecule has 0 unspecified atom stereocenters. The largest absolute Gasteiger partial charge is 0.474 e. The third kappa shape index (κ3) is 5.69. The topological polar surface area (TPSA) is 71.4 Å². The zero-order valence-electron chi connectivity index (χ0n) is 15.5. The van der Waals surface area contributed by atoms with Crippen molar-refractivity contribution in [2.45, 2.75) is 58.7 Å². The van der Waals surface area contributed by atoms with Crippen LogP contribution >= 0.6 is 11.3 Å². The van der Waals surface area contributed by atoms with E-state index in [-0.39, 0.29) is 0 Å². The fraction of sp³-hybridized carbons (Fsp3) is 0.526. The normalized spacial score (nSPS) is 15.2. The molecule has 2 heterocycles. The number of nitrogens with one attached hydrogen (secondary N) is 2. The molecule has 1 fully saturated rings. The summed E-state index contributed by atoms with van der Waals surface area (Å²) < 4.78 is 5.91. The molecule has 0 bridgehead atoms. The third-order valence-corrected chi connectivity index (χ3v) is 5.14. The Labute approximate surface area is 159 Å². The van der Waals surface area contributed by atoms with E-state index in [1.54, 1.807) is 11.3 Å². The molecule has 3 rings (SSSR count). The number of ether oxygens (including phenoxy) is 1. The van der Waals surface area contributed by atoms with Crippen molar-refractivity contribution in [1.29, 1.82) is 0 Å². The molecular formula is C19H27N5OS. The lowest BCUT2D eigenvalue weighted by Gasteiger charge is -2.12. The van der Waals surface area contributed by atoms with E-state index in [4.69, 9.17) is 4.74 Å². The standard InChI is InChI=1S/C19H27N5OS/c1-3-20-19(24-13-18-22-10-14(2)26-18)23-12-15-8-9-17(21-11-15)25-16-6-4-5-7-16/h8-11,16H,3-7,12-13H2,1-2H3,(H2,20,23,24). The van der Waals surface area contributed by atoms with Gasteiger partial charge in [0.2, 0.25) is 5.88 Å². The highest BCUT2D eigenvalue weighted by atomic mass is 32.1. The summed E-state index contributed by atoms with van der Waals surface area (Å²) in [6, 6.07) is 3.98. The van der Waals surface area contributed by atoms with Crippen molar-refractivity contribution < 1.29 is 4.74 Å². The fourth-order valence-corrected chi connectivity index (χ4v) is 3.63. The molecule has 0 saturated heterocycles. The Kier molecular flexibility index (Phi) is 6.82. The lowest BCUT2D eigenvalue weighted by Crippen LogP contribution is -2.36. The second kappa shape index (κ2) is 9.52. The first-order valence-electron chi connectivity index (χ1n) is 9.28. The average Bonchev–Trinajstić information content (AvgIpc) is 3.30. The van der Waals surface area contributed by atoms with Crippen LogP contribution in [-0.2, 0) is 13.1 Å². The van der Waals surface area contributed by atoms with Gasteiger partial charge in [0.1, 0.15) is 11.1 Å². The molecule has 0 amide bonds. The summed E-state index contributed by atoms with van der Waals surface area (Å²) in [6.07, 6.45) is 8.89. The number of thiazole rings is 1. The second-order valence-electron chi connectivity index (χ2n) is 6.44. The van der Waals surface area contributed by atoms with Crippen LogP contribution in [0.1, 0.15) is 48.1 Å². The monoisotopic (exact) mass is 373 g/mol. The molecule has 0 atom stereocenters. The zero-order chi connectivity index (χ0) is 18.2. The number of guanidine groups is 1. The van der Waals surface area contributed by atoms with Crippen LogP contribution in [-0.4, -0.2) is 28.6 Å². The molecule has 0 aromatic carbocycles. The summed E-state index contributed by atoms with van der Waals surface area (Å²) in [4.78, 5) is 14.6. The summed E-state index contributed by atoms with van der Waals surface area (Å²) in [5, 5.41) is 7.64. The Hall–Kier alpha value is -2.15. The summed E-state index contributed by atoms with van der Waals surface area (Å²) in [5.41, 5.74) is 1.06. The van der Waals surface area contributed by atoms with Gasteiger partial charge >= 0.3 is 0 Å². The number of hydrogen-bond donors (Lipinski definition) is 2. The average molecular weight is 374 g/mol. The van der Waals surface area contributed by atoms with E-state index >= 15 is 0 Å². The van der Waals surface area contributed by atoms with Gasteiger partial charge in [-0.05, 0) is 45.1 Å². The molecule has 2 N–H and O–H groups in total. The highest BCUT2D eigenvalue weighted by Gasteiger charge is 2.16. The molecule has 2 aromatic heterocycles. The van der Waals surface area contributed by atoms with Gasteiger partial charge in [-0.2, -0.15) is 0 Å². The van der Waals surface area contributed by atoms with Gasteiger partial charge in [-0.15, -0.1) is 11.3 Å². The van der Waals surface area contributed by atoms with Gasteiger partial charge in [0.05, 0.1) is 13.1 Å². The first-order chi connectivity index (χ1) is 12.7. The highest BCUT2D eigenvalue weighted by molar-refractivity contribution is 7.11. The number of aliphatic imine (C=N–C) groups is 1.